The smallest absolute Gasteiger partial charge is 0.244 e. The first-order valence-corrected chi connectivity index (χ1v) is 11.9. The number of ether oxygens (including phenoxy) is 1. The van der Waals surface area contributed by atoms with E-state index < -0.39 is 21.7 Å². The van der Waals surface area contributed by atoms with Gasteiger partial charge < -0.3 is 10.1 Å². The summed E-state index contributed by atoms with van der Waals surface area (Å²) in [4.78, 5) is 13.2. The highest BCUT2D eigenvalue weighted by atomic mass is 32.2. The van der Waals surface area contributed by atoms with E-state index in [1.807, 2.05) is 58.0 Å². The van der Waals surface area contributed by atoms with Gasteiger partial charge in [0.15, 0.2) is 0 Å². The van der Waals surface area contributed by atoms with Crippen LogP contribution in [0.15, 0.2) is 42.5 Å². The number of carbonyl (C=O) groups excluding carboxylic acids is 1. The molecule has 3 rings (SSSR count). The van der Waals surface area contributed by atoms with E-state index in [9.17, 15) is 13.2 Å². The van der Waals surface area contributed by atoms with E-state index in [1.54, 1.807) is 19.1 Å². The van der Waals surface area contributed by atoms with Gasteiger partial charge in [-0.15, -0.1) is 0 Å². The third-order valence-corrected chi connectivity index (χ3v) is 6.56. The van der Waals surface area contributed by atoms with Crippen LogP contribution in [0.5, 0.6) is 5.75 Å². The Bertz CT molecular complexity index is 1050. The highest BCUT2D eigenvalue weighted by Crippen LogP contribution is 2.40. The lowest BCUT2D eigenvalue weighted by Gasteiger charge is -2.39. The van der Waals surface area contributed by atoms with Gasteiger partial charge in [0.05, 0.1) is 18.0 Å². The molecule has 1 aliphatic heterocycles. The van der Waals surface area contributed by atoms with Gasteiger partial charge in [0.25, 0.3) is 0 Å². The average molecular weight is 431 g/mol. The van der Waals surface area contributed by atoms with Gasteiger partial charge in [-0.3, -0.25) is 9.10 Å². The maximum Gasteiger partial charge on any atom is 0.244 e. The number of sulfonamides is 1. The van der Waals surface area contributed by atoms with Crippen LogP contribution in [0.25, 0.3) is 0 Å². The number of aryl methyl sites for hydroxylation is 2. The van der Waals surface area contributed by atoms with Crippen LogP contribution in [-0.2, 0) is 14.8 Å². The van der Waals surface area contributed by atoms with E-state index in [2.05, 4.69) is 5.32 Å². The Morgan fingerprint density at radius 1 is 1.13 bits per heavy atom. The Hall–Kier alpha value is -2.54. The molecule has 1 amide bonds. The Morgan fingerprint density at radius 2 is 1.73 bits per heavy atom. The minimum Gasteiger partial charge on any atom is -0.487 e. The van der Waals surface area contributed by atoms with Gasteiger partial charge in [-0.25, -0.2) is 8.42 Å². The van der Waals surface area contributed by atoms with E-state index in [4.69, 9.17) is 4.74 Å². The number of hydrogen-bond acceptors (Lipinski definition) is 4. The topological polar surface area (TPSA) is 75.7 Å². The van der Waals surface area contributed by atoms with Crippen molar-refractivity contribution in [1.29, 1.82) is 0 Å². The summed E-state index contributed by atoms with van der Waals surface area (Å²) in [5.74, 6) is 0.401. The summed E-state index contributed by atoms with van der Waals surface area (Å²) in [6.07, 6.45) is 1.71. The molecule has 0 spiro atoms. The molecular formula is C23H30N2O4S. The van der Waals surface area contributed by atoms with Crippen molar-refractivity contribution in [3.63, 3.8) is 0 Å². The number of anilines is 1. The molecule has 1 heterocycles. The quantitative estimate of drug-likeness (QED) is 0.781. The first kappa shape index (κ1) is 22.2. The molecule has 2 atom stereocenters. The normalized spacial score (nSPS) is 18.7. The molecule has 2 aromatic carbocycles. The Kier molecular flexibility index (Phi) is 5.87. The molecule has 0 unspecified atom stereocenters. The predicted octanol–water partition coefficient (Wildman–Crippen LogP) is 3.88. The average Bonchev–Trinajstić information content (AvgIpc) is 2.61. The summed E-state index contributed by atoms with van der Waals surface area (Å²) in [6, 6.07) is 11.8. The zero-order valence-corrected chi connectivity index (χ0v) is 19.2. The van der Waals surface area contributed by atoms with Gasteiger partial charge in [-0.1, -0.05) is 29.8 Å². The van der Waals surface area contributed by atoms with Gasteiger partial charge in [0, 0.05) is 12.0 Å². The van der Waals surface area contributed by atoms with Crippen molar-refractivity contribution < 1.29 is 17.9 Å². The SMILES string of the molecule is Cc1ccc(N([C@@H](C)C(=O)N[C@@H]2CC(C)(C)Oc3cc(C)ccc32)S(C)(=O)=O)cc1. The molecule has 30 heavy (non-hydrogen) atoms. The van der Waals surface area contributed by atoms with Crippen LogP contribution in [0.3, 0.4) is 0 Å². The van der Waals surface area contributed by atoms with Gasteiger partial charge >= 0.3 is 0 Å². The molecule has 0 aliphatic carbocycles. The number of amides is 1. The highest BCUT2D eigenvalue weighted by molar-refractivity contribution is 7.92. The molecule has 6 nitrogen and oxygen atoms in total. The Labute approximate surface area is 179 Å². The fourth-order valence-corrected chi connectivity index (χ4v) is 5.06. The van der Waals surface area contributed by atoms with Crippen LogP contribution in [0, 0.1) is 13.8 Å². The summed E-state index contributed by atoms with van der Waals surface area (Å²) < 4.78 is 32.3. The molecule has 0 radical (unpaired) electrons. The largest absolute Gasteiger partial charge is 0.487 e. The number of carbonyl (C=O) groups is 1. The summed E-state index contributed by atoms with van der Waals surface area (Å²) in [7, 11) is -3.66. The zero-order chi connectivity index (χ0) is 22.3. The van der Waals surface area contributed by atoms with Crippen LogP contribution in [0.2, 0.25) is 0 Å². The zero-order valence-electron chi connectivity index (χ0n) is 18.4. The van der Waals surface area contributed by atoms with Gasteiger partial charge in [0.1, 0.15) is 17.4 Å². The third kappa shape index (κ3) is 4.78. The van der Waals surface area contributed by atoms with Crippen molar-refractivity contribution in [2.24, 2.45) is 0 Å². The van der Waals surface area contributed by atoms with Crippen LogP contribution >= 0.6 is 0 Å². The Balaban J connectivity index is 1.89. The van der Waals surface area contributed by atoms with Crippen molar-refractivity contribution in [3.05, 3.63) is 59.2 Å². The van der Waals surface area contributed by atoms with Crippen molar-refractivity contribution in [2.45, 2.75) is 58.7 Å². The lowest BCUT2D eigenvalue weighted by molar-refractivity contribution is -0.123. The van der Waals surface area contributed by atoms with Gasteiger partial charge in [0.2, 0.25) is 15.9 Å². The van der Waals surface area contributed by atoms with E-state index >= 15 is 0 Å². The number of hydrogen-bond donors (Lipinski definition) is 1. The molecule has 0 aromatic heterocycles. The fraction of sp³-hybridized carbons (Fsp3) is 0.435. The second-order valence-electron chi connectivity index (χ2n) is 8.74. The predicted molar refractivity (Wildman–Crippen MR) is 119 cm³/mol. The second kappa shape index (κ2) is 7.95. The van der Waals surface area contributed by atoms with Crippen LogP contribution in [0.4, 0.5) is 5.69 Å². The van der Waals surface area contributed by atoms with E-state index in [0.717, 1.165) is 28.7 Å². The summed E-state index contributed by atoms with van der Waals surface area (Å²) in [6.45, 7) is 9.49. The molecule has 162 valence electrons. The summed E-state index contributed by atoms with van der Waals surface area (Å²) in [5.41, 5.74) is 3.01. The maximum absolute atomic E-state index is 13.2. The van der Waals surface area contributed by atoms with Crippen molar-refractivity contribution in [2.75, 3.05) is 10.6 Å². The Morgan fingerprint density at radius 3 is 2.33 bits per heavy atom. The summed E-state index contributed by atoms with van der Waals surface area (Å²) in [5, 5.41) is 3.06. The highest BCUT2D eigenvalue weighted by Gasteiger charge is 2.37. The van der Waals surface area contributed by atoms with Crippen molar-refractivity contribution in [3.8, 4) is 5.75 Å². The number of nitrogens with zero attached hydrogens (tertiary/aromatic N) is 1. The lowest BCUT2D eigenvalue weighted by atomic mass is 9.89. The first-order chi connectivity index (χ1) is 13.9. The molecule has 1 N–H and O–H groups in total. The van der Waals surface area contributed by atoms with Crippen molar-refractivity contribution >= 4 is 21.6 Å². The molecule has 0 saturated carbocycles. The lowest BCUT2D eigenvalue weighted by Crippen LogP contribution is -2.50. The molecule has 0 saturated heterocycles. The van der Waals surface area contributed by atoms with Crippen molar-refractivity contribution in [1.82, 2.24) is 5.32 Å². The van der Waals surface area contributed by atoms with Gasteiger partial charge in [-0.05, 0) is 58.4 Å². The number of benzene rings is 2. The number of rotatable bonds is 5. The molecule has 0 bridgehead atoms. The molecule has 1 aliphatic rings. The third-order valence-electron chi connectivity index (χ3n) is 5.32. The van der Waals surface area contributed by atoms with E-state index in [1.165, 1.54) is 4.31 Å². The minimum atomic E-state index is -3.66. The maximum atomic E-state index is 13.2. The molecular weight excluding hydrogens is 400 g/mol. The number of nitrogens with one attached hydrogen (secondary N) is 1. The molecule has 0 fully saturated rings. The minimum absolute atomic E-state index is 0.265. The van der Waals surface area contributed by atoms with E-state index in [-0.39, 0.29) is 11.9 Å². The van der Waals surface area contributed by atoms with Crippen LogP contribution in [0.1, 0.15) is 49.9 Å². The number of fused-ring (bicyclic) bond motifs is 1. The first-order valence-electron chi connectivity index (χ1n) is 10.0. The standard InChI is InChI=1S/C23H30N2O4S/c1-15-7-10-18(11-8-15)25(30(6,27)28)17(3)22(26)24-20-14-23(4,5)29-21-13-16(2)9-12-19(20)21/h7-13,17,20H,14H2,1-6H3,(H,24,26)/t17-,20+/m0/s1. The van der Waals surface area contributed by atoms with Gasteiger partial charge in [-0.2, -0.15) is 0 Å². The second-order valence-corrected chi connectivity index (χ2v) is 10.6. The monoisotopic (exact) mass is 430 g/mol. The fourth-order valence-electron chi connectivity index (χ4n) is 3.88. The molecule has 7 heteroatoms. The van der Waals surface area contributed by atoms with Crippen LogP contribution < -0.4 is 14.4 Å². The summed E-state index contributed by atoms with van der Waals surface area (Å²) >= 11 is 0. The molecule has 2 aromatic rings. The van der Waals surface area contributed by atoms with E-state index in [0.29, 0.717) is 12.1 Å². The van der Waals surface area contributed by atoms with Crippen LogP contribution in [-0.4, -0.2) is 32.2 Å².